The molecule has 1 N–H and O–H groups in total. The molecule has 11 nitrogen and oxygen atoms in total. The molecule has 0 aliphatic carbocycles. The molecule has 0 spiro atoms. The van der Waals surface area contributed by atoms with E-state index in [4.69, 9.17) is 37.4 Å². The first-order chi connectivity index (χ1) is 21.9. The largest absolute Gasteiger partial charge is 0.491 e. The summed E-state index contributed by atoms with van der Waals surface area (Å²) in [6, 6.07) is 21.2. The number of nitrogens with zero attached hydrogens (tertiary/aromatic N) is 6. The lowest BCUT2D eigenvalue weighted by atomic mass is 10.1. The fourth-order valence-electron chi connectivity index (χ4n) is 5.55. The van der Waals surface area contributed by atoms with Gasteiger partial charge in [0.25, 0.3) is 5.91 Å². The number of hydrogen-bond donors (Lipinski definition) is 1. The van der Waals surface area contributed by atoms with Crippen LogP contribution in [-0.2, 0) is 21.8 Å². The number of carbonyl (C=O) groups is 1. The number of halogens is 2. The fourth-order valence-corrected chi connectivity index (χ4v) is 6.10. The molecule has 4 aromatic rings. The Morgan fingerprint density at radius 1 is 1.00 bits per heavy atom. The molecule has 1 aromatic heterocycles. The van der Waals surface area contributed by atoms with Crippen molar-refractivity contribution in [1.29, 1.82) is 0 Å². The van der Waals surface area contributed by atoms with Crippen LogP contribution in [-0.4, -0.2) is 78.2 Å². The average Bonchev–Trinajstić information content (AvgIpc) is 3.73. The minimum atomic E-state index is -1.19. The maximum absolute atomic E-state index is 12.2. The maximum Gasteiger partial charge on any atom is 0.251 e. The van der Waals surface area contributed by atoms with Crippen molar-refractivity contribution in [1.82, 2.24) is 25.5 Å². The average molecular weight is 653 g/mol. The molecule has 3 aromatic carbocycles. The molecule has 45 heavy (non-hydrogen) atoms. The van der Waals surface area contributed by atoms with Crippen LogP contribution in [0.5, 0.6) is 5.75 Å². The number of tetrazole rings is 1. The van der Waals surface area contributed by atoms with Gasteiger partial charge in [-0.1, -0.05) is 36.2 Å². The topological polar surface area (TPSA) is 107 Å². The van der Waals surface area contributed by atoms with Crippen molar-refractivity contribution in [3.05, 3.63) is 94.2 Å². The van der Waals surface area contributed by atoms with E-state index in [2.05, 4.69) is 42.8 Å². The van der Waals surface area contributed by atoms with E-state index in [0.29, 0.717) is 40.9 Å². The first-order valence-electron chi connectivity index (χ1n) is 15.0. The molecule has 2 saturated heterocycles. The predicted molar refractivity (Wildman–Crippen MR) is 172 cm³/mol. The van der Waals surface area contributed by atoms with Crippen LogP contribution in [0.1, 0.15) is 29.3 Å². The number of amides is 1. The molecular formula is C32H35Cl2N7O4. The predicted octanol–water partition coefficient (Wildman–Crippen LogP) is 4.79. The summed E-state index contributed by atoms with van der Waals surface area (Å²) in [4.78, 5) is 16.9. The number of benzene rings is 3. The molecule has 0 unspecified atom stereocenters. The summed E-state index contributed by atoms with van der Waals surface area (Å²) >= 11 is 12.7. The highest BCUT2D eigenvalue weighted by Crippen LogP contribution is 2.40. The van der Waals surface area contributed by atoms with E-state index in [1.54, 1.807) is 18.2 Å². The summed E-state index contributed by atoms with van der Waals surface area (Å²) < 4.78 is 20.3. The van der Waals surface area contributed by atoms with Crippen LogP contribution in [0.2, 0.25) is 10.0 Å². The van der Waals surface area contributed by atoms with Crippen molar-refractivity contribution < 1.29 is 19.0 Å². The number of anilines is 2. The summed E-state index contributed by atoms with van der Waals surface area (Å²) in [5, 5.41) is 15.3. The Kier molecular flexibility index (Phi) is 9.70. The van der Waals surface area contributed by atoms with Crippen LogP contribution in [0.15, 0.2) is 73.1 Å². The van der Waals surface area contributed by atoms with Crippen molar-refractivity contribution in [2.75, 3.05) is 55.7 Å². The van der Waals surface area contributed by atoms with Crippen LogP contribution in [0.25, 0.3) is 0 Å². The highest BCUT2D eigenvalue weighted by Gasteiger charge is 2.45. The second kappa shape index (κ2) is 14.0. The first kappa shape index (κ1) is 31.1. The van der Waals surface area contributed by atoms with E-state index >= 15 is 0 Å². The van der Waals surface area contributed by atoms with Crippen molar-refractivity contribution in [2.24, 2.45) is 0 Å². The Morgan fingerprint density at radius 2 is 1.69 bits per heavy atom. The number of ether oxygens (including phenoxy) is 3. The lowest BCUT2D eigenvalue weighted by Gasteiger charge is -2.37. The summed E-state index contributed by atoms with van der Waals surface area (Å²) in [5.74, 6) is -0.476. The van der Waals surface area contributed by atoms with Crippen LogP contribution >= 0.6 is 23.2 Å². The summed E-state index contributed by atoms with van der Waals surface area (Å²) in [6.07, 6.45) is 2.07. The molecule has 1 amide bonds. The third-order valence-corrected chi connectivity index (χ3v) is 8.46. The molecule has 2 atom stereocenters. The van der Waals surface area contributed by atoms with Gasteiger partial charge in [-0.2, -0.15) is 0 Å². The minimum Gasteiger partial charge on any atom is -0.491 e. The van der Waals surface area contributed by atoms with Gasteiger partial charge in [0, 0.05) is 60.2 Å². The third-order valence-electron chi connectivity index (χ3n) is 7.91. The number of piperazine rings is 1. The third kappa shape index (κ3) is 7.33. The standard InChI is InChI=1S/C32H35Cl2N7O4/c1-2-13-35-31(42)23-3-6-25(7-4-23)39-14-16-40(17-15-39)26-8-10-27(11-9-26)43-19-28-20-44-32(45-28,21-41-22-36-37-38-41)29-12-5-24(33)18-30(29)34/h3-12,18,22,28H,2,13-17,19-21H2,1H3,(H,35,42)/t28-,32-/m1/s1. The highest BCUT2D eigenvalue weighted by atomic mass is 35.5. The van der Waals surface area contributed by atoms with Crippen molar-refractivity contribution in [2.45, 2.75) is 31.8 Å². The molecular weight excluding hydrogens is 617 g/mol. The number of aromatic nitrogens is 4. The molecule has 236 valence electrons. The van der Waals surface area contributed by atoms with Gasteiger partial charge in [0.15, 0.2) is 0 Å². The zero-order chi connectivity index (χ0) is 31.2. The van der Waals surface area contributed by atoms with Crippen molar-refractivity contribution in [3.63, 3.8) is 0 Å². The van der Waals surface area contributed by atoms with Gasteiger partial charge in [-0.05, 0) is 77.5 Å². The monoisotopic (exact) mass is 651 g/mol. The smallest absolute Gasteiger partial charge is 0.251 e. The van der Waals surface area contributed by atoms with Crippen LogP contribution < -0.4 is 19.9 Å². The first-order valence-corrected chi connectivity index (χ1v) is 15.8. The second-order valence-corrected chi connectivity index (χ2v) is 11.9. The van der Waals surface area contributed by atoms with Crippen LogP contribution in [0.3, 0.4) is 0 Å². The van der Waals surface area contributed by atoms with Gasteiger partial charge in [-0.15, -0.1) is 5.10 Å². The Bertz CT molecular complexity index is 1570. The van der Waals surface area contributed by atoms with Gasteiger partial charge in [0.1, 0.15) is 31.3 Å². The normalized spacial score (nSPS) is 19.9. The Balaban J connectivity index is 1.01. The summed E-state index contributed by atoms with van der Waals surface area (Å²) in [7, 11) is 0. The Morgan fingerprint density at radius 3 is 2.31 bits per heavy atom. The van der Waals surface area contributed by atoms with Gasteiger partial charge < -0.3 is 29.3 Å². The fraction of sp³-hybridized carbons (Fsp3) is 0.375. The Hall–Kier alpha value is -3.90. The van der Waals surface area contributed by atoms with E-state index in [-0.39, 0.29) is 18.6 Å². The molecule has 0 radical (unpaired) electrons. The molecule has 0 bridgehead atoms. The van der Waals surface area contributed by atoms with E-state index < -0.39 is 5.79 Å². The van der Waals surface area contributed by atoms with E-state index in [9.17, 15) is 4.79 Å². The van der Waals surface area contributed by atoms with Gasteiger partial charge in [-0.25, -0.2) is 4.68 Å². The zero-order valence-electron chi connectivity index (χ0n) is 24.9. The second-order valence-electron chi connectivity index (χ2n) is 11.0. The van der Waals surface area contributed by atoms with Crippen molar-refractivity contribution in [3.8, 4) is 5.75 Å². The molecule has 13 heteroatoms. The maximum atomic E-state index is 12.2. The molecule has 2 aliphatic heterocycles. The molecule has 6 rings (SSSR count). The summed E-state index contributed by atoms with van der Waals surface area (Å²) in [5.41, 5.74) is 3.60. The van der Waals surface area contributed by atoms with E-state index in [0.717, 1.165) is 49.7 Å². The van der Waals surface area contributed by atoms with E-state index in [1.165, 1.54) is 11.0 Å². The van der Waals surface area contributed by atoms with Crippen LogP contribution in [0.4, 0.5) is 11.4 Å². The van der Waals surface area contributed by atoms with Gasteiger partial charge in [-0.3, -0.25) is 4.79 Å². The quantitative estimate of drug-likeness (QED) is 0.245. The van der Waals surface area contributed by atoms with Gasteiger partial charge in [0.05, 0.1) is 11.6 Å². The minimum absolute atomic E-state index is 0.0263. The SMILES string of the molecule is CCCNC(=O)c1ccc(N2CCN(c3ccc(OC[C@@H]4CO[C@@](Cn5cnnn5)(c5ccc(Cl)cc5Cl)O4)cc3)CC2)cc1. The van der Waals surface area contributed by atoms with Gasteiger partial charge in [0.2, 0.25) is 5.79 Å². The lowest BCUT2D eigenvalue weighted by molar-refractivity contribution is -0.190. The Labute approximate surface area is 271 Å². The molecule has 3 heterocycles. The van der Waals surface area contributed by atoms with Gasteiger partial charge >= 0.3 is 0 Å². The lowest BCUT2D eigenvalue weighted by Crippen LogP contribution is -2.46. The molecule has 0 saturated carbocycles. The highest BCUT2D eigenvalue weighted by molar-refractivity contribution is 6.35. The number of carbonyl (C=O) groups excluding carboxylic acids is 1. The molecule has 2 aliphatic rings. The molecule has 2 fully saturated rings. The zero-order valence-corrected chi connectivity index (χ0v) is 26.5. The van der Waals surface area contributed by atoms with E-state index in [1.807, 2.05) is 43.3 Å². The van der Waals surface area contributed by atoms with Crippen molar-refractivity contribution >= 4 is 40.5 Å². The van der Waals surface area contributed by atoms with Crippen LogP contribution in [0, 0.1) is 0 Å². The summed E-state index contributed by atoms with van der Waals surface area (Å²) in [6.45, 7) is 7.10. The number of nitrogens with one attached hydrogen (secondary N) is 1. The number of rotatable bonds is 11. The number of hydrogen-bond acceptors (Lipinski definition) is 9.